The lowest BCUT2D eigenvalue weighted by Gasteiger charge is -2.23. The van der Waals surface area contributed by atoms with Gasteiger partial charge in [0.2, 0.25) is 5.91 Å². The number of likely N-dealkylation sites (N-methyl/N-ethyl adjacent to an activating group) is 1. The molecule has 0 spiro atoms. The van der Waals surface area contributed by atoms with Crippen molar-refractivity contribution in [3.63, 3.8) is 0 Å². The van der Waals surface area contributed by atoms with Crippen molar-refractivity contribution in [3.05, 3.63) is 59.7 Å². The number of carbonyl (C=O) groups excluding carboxylic acids is 3. The highest BCUT2D eigenvalue weighted by Crippen LogP contribution is 2.44. The van der Waals surface area contributed by atoms with Crippen LogP contribution >= 0.6 is 0 Å². The zero-order chi connectivity index (χ0) is 25.6. The van der Waals surface area contributed by atoms with E-state index in [0.29, 0.717) is 13.1 Å². The molecule has 8 nitrogen and oxygen atoms in total. The molecule has 0 unspecified atom stereocenters. The van der Waals surface area contributed by atoms with Crippen molar-refractivity contribution in [3.8, 4) is 11.1 Å². The Labute approximate surface area is 207 Å². The highest BCUT2D eigenvalue weighted by molar-refractivity contribution is 5.89. The Balaban J connectivity index is 1.65. The molecule has 1 aliphatic rings. The fourth-order valence-electron chi connectivity index (χ4n) is 4.07. The van der Waals surface area contributed by atoms with Crippen LogP contribution < -0.4 is 10.6 Å². The minimum Gasteiger partial charge on any atom is -0.460 e. The number of benzene rings is 2. The summed E-state index contributed by atoms with van der Waals surface area (Å²) in [5.41, 5.74) is 3.73. The van der Waals surface area contributed by atoms with E-state index in [4.69, 9.17) is 9.47 Å². The maximum absolute atomic E-state index is 12.7. The first-order valence-corrected chi connectivity index (χ1v) is 11.8. The molecule has 2 aromatic rings. The van der Waals surface area contributed by atoms with Gasteiger partial charge in [0.15, 0.2) is 0 Å². The molecule has 0 aromatic heterocycles. The van der Waals surface area contributed by atoms with Crippen molar-refractivity contribution in [2.45, 2.75) is 44.8 Å². The maximum Gasteiger partial charge on any atom is 0.407 e. The summed E-state index contributed by atoms with van der Waals surface area (Å²) >= 11 is 0. The molecule has 0 aliphatic heterocycles. The topological polar surface area (TPSA) is 97.0 Å². The molecule has 1 aliphatic carbocycles. The predicted octanol–water partition coefficient (Wildman–Crippen LogP) is 3.30. The van der Waals surface area contributed by atoms with Crippen LogP contribution in [0.4, 0.5) is 4.79 Å². The summed E-state index contributed by atoms with van der Waals surface area (Å²) < 4.78 is 10.9. The van der Waals surface area contributed by atoms with Crippen molar-refractivity contribution in [1.29, 1.82) is 0 Å². The van der Waals surface area contributed by atoms with Crippen molar-refractivity contribution in [1.82, 2.24) is 15.5 Å². The van der Waals surface area contributed by atoms with E-state index in [0.717, 1.165) is 22.3 Å². The van der Waals surface area contributed by atoms with E-state index in [1.54, 1.807) is 20.8 Å². The third-order valence-corrected chi connectivity index (χ3v) is 5.60. The number of alkyl carbamates (subject to hydrolysis) is 1. The summed E-state index contributed by atoms with van der Waals surface area (Å²) in [5, 5.41) is 5.31. The Bertz CT molecular complexity index is 1020. The number of carbonyl (C=O) groups is 3. The van der Waals surface area contributed by atoms with Crippen LogP contribution in [0.1, 0.15) is 44.2 Å². The fourth-order valence-corrected chi connectivity index (χ4v) is 4.07. The largest absolute Gasteiger partial charge is 0.460 e. The van der Waals surface area contributed by atoms with E-state index >= 15 is 0 Å². The molecule has 188 valence electrons. The lowest BCUT2D eigenvalue weighted by Crippen LogP contribution is -2.49. The molecule has 0 fully saturated rings. The van der Waals surface area contributed by atoms with Gasteiger partial charge in [0, 0.05) is 19.0 Å². The number of rotatable bonds is 9. The van der Waals surface area contributed by atoms with Crippen LogP contribution in [0.3, 0.4) is 0 Å². The highest BCUT2D eigenvalue weighted by atomic mass is 16.6. The Kier molecular flexibility index (Phi) is 8.51. The molecule has 1 atom stereocenters. The standard InChI is InChI=1S/C27H35N3O5/c1-27(2,3)35-24(31)16-23(25(32)28-14-15-30(4)5)29-26(33)34-17-22-20-12-8-6-10-18(20)19-11-7-9-13-21(19)22/h6-13,22-23H,14-17H2,1-5H3,(H,28,32)(H,29,33)/t23-/m0/s1. The maximum atomic E-state index is 12.7. The summed E-state index contributed by atoms with van der Waals surface area (Å²) in [6.07, 6.45) is -1.06. The van der Waals surface area contributed by atoms with E-state index in [2.05, 4.69) is 22.8 Å². The first-order valence-electron chi connectivity index (χ1n) is 11.8. The molecule has 0 radical (unpaired) electrons. The van der Waals surface area contributed by atoms with E-state index in [1.807, 2.05) is 55.4 Å². The average molecular weight is 482 g/mol. The molecule has 0 saturated carbocycles. The van der Waals surface area contributed by atoms with E-state index < -0.39 is 29.6 Å². The SMILES string of the molecule is CN(C)CCNC(=O)[C@H](CC(=O)OC(C)(C)C)NC(=O)OCC1c2ccccc2-c2ccccc21. The second-order valence-corrected chi connectivity index (χ2v) is 9.91. The van der Waals surface area contributed by atoms with Gasteiger partial charge in [0.1, 0.15) is 18.2 Å². The molecule has 2 aromatic carbocycles. The smallest absolute Gasteiger partial charge is 0.407 e. The lowest BCUT2D eigenvalue weighted by molar-refractivity contribution is -0.156. The molecule has 2 amide bonds. The third kappa shape index (κ3) is 7.29. The Hall–Kier alpha value is -3.39. The quantitative estimate of drug-likeness (QED) is 0.534. The molecule has 8 heteroatoms. The number of esters is 1. The number of ether oxygens (including phenoxy) is 2. The summed E-state index contributed by atoms with van der Waals surface area (Å²) in [6.45, 7) is 6.35. The molecule has 3 rings (SSSR count). The molecule has 35 heavy (non-hydrogen) atoms. The second-order valence-electron chi connectivity index (χ2n) is 9.91. The normalized spacial score (nSPS) is 13.5. The Morgan fingerprint density at radius 3 is 2.09 bits per heavy atom. The van der Waals surface area contributed by atoms with E-state index in [9.17, 15) is 14.4 Å². The molecule has 0 saturated heterocycles. The number of hydrogen-bond acceptors (Lipinski definition) is 6. The molecular formula is C27H35N3O5. The fraction of sp³-hybridized carbons (Fsp3) is 0.444. The van der Waals surface area contributed by atoms with E-state index in [-0.39, 0.29) is 18.9 Å². The number of hydrogen-bond donors (Lipinski definition) is 2. The second kappa shape index (κ2) is 11.4. The van der Waals surface area contributed by atoms with Gasteiger partial charge in [-0.1, -0.05) is 48.5 Å². The number of amides is 2. The lowest BCUT2D eigenvalue weighted by atomic mass is 9.98. The zero-order valence-electron chi connectivity index (χ0n) is 21.1. The summed E-state index contributed by atoms with van der Waals surface area (Å²) in [4.78, 5) is 39.7. The van der Waals surface area contributed by atoms with Crippen LogP contribution in [0, 0.1) is 0 Å². The van der Waals surface area contributed by atoms with E-state index in [1.165, 1.54) is 0 Å². The van der Waals surface area contributed by atoms with Gasteiger partial charge >= 0.3 is 12.1 Å². The van der Waals surface area contributed by atoms with Gasteiger partial charge in [-0.2, -0.15) is 0 Å². The highest BCUT2D eigenvalue weighted by Gasteiger charge is 2.31. The monoisotopic (exact) mass is 481 g/mol. The van der Waals surface area contributed by atoms with Crippen molar-refractivity contribution >= 4 is 18.0 Å². The van der Waals surface area contributed by atoms with Gasteiger partial charge in [-0.3, -0.25) is 9.59 Å². The van der Waals surface area contributed by atoms with Crippen LogP contribution in [-0.4, -0.2) is 68.3 Å². The van der Waals surface area contributed by atoms with Gasteiger partial charge in [-0.15, -0.1) is 0 Å². The summed E-state index contributed by atoms with van der Waals surface area (Å²) in [5.74, 6) is -1.15. The van der Waals surface area contributed by atoms with Gasteiger partial charge in [0.25, 0.3) is 0 Å². The Morgan fingerprint density at radius 1 is 0.971 bits per heavy atom. The average Bonchev–Trinajstić information content (AvgIpc) is 3.09. The summed E-state index contributed by atoms with van der Waals surface area (Å²) in [7, 11) is 3.78. The zero-order valence-corrected chi connectivity index (χ0v) is 21.1. The number of nitrogens with zero attached hydrogens (tertiary/aromatic N) is 1. The molecule has 0 heterocycles. The first kappa shape index (κ1) is 26.2. The van der Waals surface area contributed by atoms with Crippen LogP contribution in [0.25, 0.3) is 11.1 Å². The van der Waals surface area contributed by atoms with Gasteiger partial charge in [-0.25, -0.2) is 4.79 Å². The number of fused-ring (bicyclic) bond motifs is 3. The van der Waals surface area contributed by atoms with Gasteiger partial charge < -0.3 is 25.0 Å². The minimum absolute atomic E-state index is 0.105. The molecular weight excluding hydrogens is 446 g/mol. The van der Waals surface area contributed by atoms with Gasteiger partial charge in [0.05, 0.1) is 6.42 Å². The number of nitrogens with one attached hydrogen (secondary N) is 2. The molecule has 2 N–H and O–H groups in total. The minimum atomic E-state index is -1.11. The van der Waals surface area contributed by atoms with Crippen molar-refractivity contribution in [2.75, 3.05) is 33.8 Å². The van der Waals surface area contributed by atoms with Crippen LogP contribution in [-0.2, 0) is 19.1 Å². The van der Waals surface area contributed by atoms with Crippen LogP contribution in [0.2, 0.25) is 0 Å². The van der Waals surface area contributed by atoms with Crippen molar-refractivity contribution in [2.24, 2.45) is 0 Å². The van der Waals surface area contributed by atoms with Gasteiger partial charge in [-0.05, 0) is 57.1 Å². The first-order chi connectivity index (χ1) is 16.5. The Morgan fingerprint density at radius 2 is 1.54 bits per heavy atom. The van der Waals surface area contributed by atoms with Crippen LogP contribution in [0.15, 0.2) is 48.5 Å². The predicted molar refractivity (Wildman–Crippen MR) is 134 cm³/mol. The van der Waals surface area contributed by atoms with Crippen LogP contribution in [0.5, 0.6) is 0 Å². The van der Waals surface area contributed by atoms with Crippen molar-refractivity contribution < 1.29 is 23.9 Å². The summed E-state index contributed by atoms with van der Waals surface area (Å²) in [6, 6.07) is 15.0. The third-order valence-electron chi connectivity index (χ3n) is 5.60. The molecule has 0 bridgehead atoms.